The molecule has 3 atom stereocenters. The Balaban J connectivity index is 1.38. The molecule has 27 heavy (non-hydrogen) atoms. The van der Waals surface area contributed by atoms with Gasteiger partial charge in [0.15, 0.2) is 5.78 Å². The van der Waals surface area contributed by atoms with Crippen LogP contribution in [0.1, 0.15) is 42.5 Å². The number of nitrogens with zero attached hydrogens (tertiary/aromatic N) is 1. The molecule has 146 valence electrons. The van der Waals surface area contributed by atoms with Crippen molar-refractivity contribution in [2.45, 2.75) is 38.1 Å². The molecule has 3 aliphatic rings. The summed E-state index contributed by atoms with van der Waals surface area (Å²) in [6.45, 7) is 1.82. The minimum absolute atomic E-state index is 0.0270. The number of carbonyl (C=O) groups excluding carboxylic acids is 2. The summed E-state index contributed by atoms with van der Waals surface area (Å²) in [4.78, 5) is 27.4. The van der Waals surface area contributed by atoms with Crippen molar-refractivity contribution in [2.75, 3.05) is 19.6 Å². The van der Waals surface area contributed by atoms with Crippen LogP contribution in [0.4, 0.5) is 8.78 Å². The summed E-state index contributed by atoms with van der Waals surface area (Å²) in [7, 11) is 0. The van der Waals surface area contributed by atoms with E-state index in [1.807, 2.05) is 4.90 Å². The molecule has 0 radical (unpaired) electrons. The molecule has 2 saturated heterocycles. The Hall–Kier alpha value is -1.86. The number of benzene rings is 1. The van der Waals surface area contributed by atoms with Crippen LogP contribution < -0.4 is 10.9 Å². The maximum absolute atomic E-state index is 13.9. The lowest BCUT2D eigenvalue weighted by Crippen LogP contribution is -2.48. The van der Waals surface area contributed by atoms with Gasteiger partial charge in [0, 0.05) is 43.4 Å². The Bertz CT molecular complexity index is 734. The van der Waals surface area contributed by atoms with E-state index in [-0.39, 0.29) is 29.1 Å². The van der Waals surface area contributed by atoms with Crippen LogP contribution in [0.2, 0.25) is 0 Å². The molecule has 3 fully saturated rings. The van der Waals surface area contributed by atoms with Gasteiger partial charge < -0.3 is 4.90 Å². The lowest BCUT2D eigenvalue weighted by atomic mass is 9.76. The topological polar surface area (TPSA) is 61.4 Å². The quantitative estimate of drug-likeness (QED) is 0.794. The van der Waals surface area contributed by atoms with E-state index in [0.29, 0.717) is 37.9 Å². The van der Waals surface area contributed by atoms with Crippen molar-refractivity contribution in [3.8, 4) is 0 Å². The van der Waals surface area contributed by atoms with Gasteiger partial charge in [-0.2, -0.15) is 0 Å². The molecule has 2 aliphatic heterocycles. The minimum Gasteiger partial charge on any atom is -0.342 e. The van der Waals surface area contributed by atoms with Crippen LogP contribution in [-0.2, 0) is 4.79 Å². The third-order valence-corrected chi connectivity index (χ3v) is 6.38. The maximum Gasteiger partial charge on any atom is 0.226 e. The highest BCUT2D eigenvalue weighted by atomic mass is 19.1. The Labute approximate surface area is 157 Å². The van der Waals surface area contributed by atoms with Crippen LogP contribution >= 0.6 is 0 Å². The van der Waals surface area contributed by atoms with Crippen molar-refractivity contribution < 1.29 is 18.4 Å². The summed E-state index contributed by atoms with van der Waals surface area (Å²) in [5.41, 5.74) is 6.25. The smallest absolute Gasteiger partial charge is 0.226 e. The summed E-state index contributed by atoms with van der Waals surface area (Å²) < 4.78 is 27.3. The number of Topliss-reactive ketones (excluding diaryl/α,β-unsaturated/α-hetero) is 1. The van der Waals surface area contributed by atoms with Crippen LogP contribution in [0.25, 0.3) is 0 Å². The number of carbonyl (C=O) groups is 2. The van der Waals surface area contributed by atoms with Crippen molar-refractivity contribution >= 4 is 11.7 Å². The zero-order chi connectivity index (χ0) is 19.0. The molecular formula is C20H25F2N3O2. The SMILES string of the molecule is O=C(c1cc(F)ccc1F)C1CCN(C(=O)C2CCCC3NNCC32)CC1. The molecule has 0 aromatic heterocycles. The second-order valence-electron chi connectivity index (χ2n) is 7.92. The molecule has 5 nitrogen and oxygen atoms in total. The molecule has 1 amide bonds. The van der Waals surface area contributed by atoms with E-state index in [1.54, 1.807) is 0 Å². The highest BCUT2D eigenvalue weighted by Gasteiger charge is 2.42. The summed E-state index contributed by atoms with van der Waals surface area (Å²) in [6, 6.07) is 3.34. The third kappa shape index (κ3) is 3.62. The van der Waals surface area contributed by atoms with Gasteiger partial charge in [0.2, 0.25) is 5.91 Å². The molecule has 3 unspecified atom stereocenters. The van der Waals surface area contributed by atoms with Crippen LogP contribution in [-0.4, -0.2) is 42.3 Å². The van der Waals surface area contributed by atoms with Crippen molar-refractivity contribution in [3.63, 3.8) is 0 Å². The van der Waals surface area contributed by atoms with Crippen molar-refractivity contribution in [2.24, 2.45) is 17.8 Å². The molecule has 0 bridgehead atoms. The highest BCUT2D eigenvalue weighted by Crippen LogP contribution is 2.34. The number of nitrogens with one attached hydrogen (secondary N) is 2. The second-order valence-corrected chi connectivity index (χ2v) is 7.92. The van der Waals surface area contributed by atoms with Crippen molar-refractivity contribution in [1.29, 1.82) is 0 Å². The Morgan fingerprint density at radius 2 is 1.85 bits per heavy atom. The van der Waals surface area contributed by atoms with Gasteiger partial charge >= 0.3 is 0 Å². The molecule has 1 aliphatic carbocycles. The third-order valence-electron chi connectivity index (χ3n) is 6.38. The molecule has 2 N–H and O–H groups in total. The number of hydrogen-bond donors (Lipinski definition) is 2. The second kappa shape index (κ2) is 7.64. The molecular weight excluding hydrogens is 352 g/mol. The van der Waals surface area contributed by atoms with E-state index < -0.39 is 11.6 Å². The van der Waals surface area contributed by atoms with Gasteiger partial charge in [-0.25, -0.2) is 8.78 Å². The number of rotatable bonds is 3. The predicted molar refractivity (Wildman–Crippen MR) is 95.7 cm³/mol. The standard InChI is InChI=1S/C20H25F2N3O2/c21-13-4-5-17(22)15(10-13)19(26)12-6-8-25(9-7-12)20(27)14-2-1-3-18-16(14)11-23-24-18/h4-5,10,12,14,16,18,23-24H,1-3,6-9,11H2. The van der Waals surface area contributed by atoms with Crippen LogP contribution in [0.5, 0.6) is 0 Å². The highest BCUT2D eigenvalue weighted by molar-refractivity contribution is 5.98. The monoisotopic (exact) mass is 377 g/mol. The van der Waals surface area contributed by atoms with E-state index in [2.05, 4.69) is 10.9 Å². The summed E-state index contributed by atoms with van der Waals surface area (Å²) in [5, 5.41) is 0. The first kappa shape index (κ1) is 18.5. The Morgan fingerprint density at radius 3 is 2.63 bits per heavy atom. The van der Waals surface area contributed by atoms with Gasteiger partial charge in [0.05, 0.1) is 5.56 Å². The van der Waals surface area contributed by atoms with E-state index in [1.165, 1.54) is 0 Å². The van der Waals surface area contributed by atoms with E-state index in [0.717, 1.165) is 44.0 Å². The predicted octanol–water partition coefficient (Wildman–Crippen LogP) is 2.28. The molecule has 2 heterocycles. The summed E-state index contributed by atoms with van der Waals surface area (Å²) >= 11 is 0. The molecule has 1 saturated carbocycles. The molecule has 1 aromatic carbocycles. The van der Waals surface area contributed by atoms with Crippen molar-refractivity contribution in [3.05, 3.63) is 35.4 Å². The Morgan fingerprint density at radius 1 is 1.07 bits per heavy atom. The Kier molecular flexibility index (Phi) is 5.23. The van der Waals surface area contributed by atoms with Gasteiger partial charge in [-0.3, -0.25) is 20.4 Å². The van der Waals surface area contributed by atoms with Gasteiger partial charge in [-0.05, 0) is 43.9 Å². The zero-order valence-corrected chi connectivity index (χ0v) is 15.2. The van der Waals surface area contributed by atoms with Crippen LogP contribution in [0.15, 0.2) is 18.2 Å². The minimum atomic E-state index is -0.686. The van der Waals surface area contributed by atoms with Gasteiger partial charge in [-0.1, -0.05) is 6.42 Å². The molecule has 4 rings (SSSR count). The van der Waals surface area contributed by atoms with E-state index in [4.69, 9.17) is 0 Å². The van der Waals surface area contributed by atoms with Gasteiger partial charge in [0.25, 0.3) is 0 Å². The zero-order valence-electron chi connectivity index (χ0n) is 15.2. The number of hydrazine groups is 1. The number of halogens is 2. The first-order chi connectivity index (χ1) is 13.0. The van der Waals surface area contributed by atoms with E-state index in [9.17, 15) is 18.4 Å². The summed E-state index contributed by atoms with van der Waals surface area (Å²) in [6.07, 6.45) is 4.05. The fourth-order valence-corrected chi connectivity index (χ4v) is 4.85. The van der Waals surface area contributed by atoms with E-state index >= 15 is 0 Å². The molecule has 0 spiro atoms. The van der Waals surface area contributed by atoms with Gasteiger partial charge in [0.1, 0.15) is 11.6 Å². The number of ketones is 1. The van der Waals surface area contributed by atoms with Gasteiger partial charge in [-0.15, -0.1) is 0 Å². The van der Waals surface area contributed by atoms with Crippen LogP contribution in [0.3, 0.4) is 0 Å². The molecule has 1 aromatic rings. The maximum atomic E-state index is 13.9. The fraction of sp³-hybridized carbons (Fsp3) is 0.600. The number of piperidine rings is 1. The fourth-order valence-electron chi connectivity index (χ4n) is 4.85. The number of amides is 1. The average Bonchev–Trinajstić information content (AvgIpc) is 3.18. The number of hydrogen-bond acceptors (Lipinski definition) is 4. The first-order valence-electron chi connectivity index (χ1n) is 9.81. The lowest BCUT2D eigenvalue weighted by Gasteiger charge is -2.38. The summed E-state index contributed by atoms with van der Waals surface area (Å²) in [5.74, 6) is -1.49. The lowest BCUT2D eigenvalue weighted by molar-refractivity contribution is -0.139. The average molecular weight is 377 g/mol. The normalized spacial score (nSPS) is 28.8. The molecule has 7 heteroatoms. The van der Waals surface area contributed by atoms with Crippen LogP contribution in [0, 0.1) is 29.4 Å². The number of fused-ring (bicyclic) bond motifs is 1. The number of likely N-dealkylation sites (tertiary alicyclic amines) is 1. The van der Waals surface area contributed by atoms with Crippen molar-refractivity contribution in [1.82, 2.24) is 15.8 Å². The largest absolute Gasteiger partial charge is 0.342 e. The first-order valence-corrected chi connectivity index (χ1v) is 9.81.